The summed E-state index contributed by atoms with van der Waals surface area (Å²) >= 11 is 7.19. The average Bonchev–Trinajstić information content (AvgIpc) is 3.04. The zero-order valence-corrected chi connectivity index (χ0v) is 13.2. The van der Waals surface area contributed by atoms with Crippen molar-refractivity contribution in [3.63, 3.8) is 0 Å². The van der Waals surface area contributed by atoms with Crippen molar-refractivity contribution < 1.29 is 4.92 Å². The largest absolute Gasteiger partial charge is 0.364 e. The number of aliphatic imine (C=N–C) groups is 1. The van der Waals surface area contributed by atoms with Gasteiger partial charge in [0, 0.05) is 30.7 Å². The van der Waals surface area contributed by atoms with Crippen molar-refractivity contribution in [3.8, 4) is 0 Å². The van der Waals surface area contributed by atoms with Gasteiger partial charge in [0.15, 0.2) is 10.3 Å². The Bertz CT molecular complexity index is 572. The predicted molar refractivity (Wildman–Crippen MR) is 83.2 cm³/mol. The van der Waals surface area contributed by atoms with E-state index in [-0.39, 0.29) is 5.70 Å². The lowest BCUT2D eigenvalue weighted by molar-refractivity contribution is -0.416. The van der Waals surface area contributed by atoms with Gasteiger partial charge in [-0.3, -0.25) is 15.1 Å². The molecule has 1 fully saturated rings. The molecule has 1 saturated heterocycles. The van der Waals surface area contributed by atoms with Crippen LogP contribution in [0.3, 0.4) is 0 Å². The number of halogens is 1. The lowest BCUT2D eigenvalue weighted by Crippen LogP contribution is -2.24. The van der Waals surface area contributed by atoms with Gasteiger partial charge in [0.25, 0.3) is 0 Å². The average molecular weight is 330 g/mol. The highest BCUT2D eigenvalue weighted by Gasteiger charge is 2.27. The third-order valence-corrected chi connectivity index (χ3v) is 3.97. The van der Waals surface area contributed by atoms with Gasteiger partial charge in [0.2, 0.25) is 0 Å². The summed E-state index contributed by atoms with van der Waals surface area (Å²) in [5.74, 6) is 0.504. The Kier molecular flexibility index (Phi) is 5.51. The van der Waals surface area contributed by atoms with E-state index in [0.29, 0.717) is 36.5 Å². The van der Waals surface area contributed by atoms with Crippen LogP contribution in [-0.4, -0.2) is 40.7 Å². The summed E-state index contributed by atoms with van der Waals surface area (Å²) in [4.78, 5) is 21.8. The summed E-state index contributed by atoms with van der Waals surface area (Å²) < 4.78 is 0.474. The third kappa shape index (κ3) is 4.15. The first-order valence-corrected chi connectivity index (χ1v) is 7.78. The molecule has 1 N–H and O–H groups in total. The van der Waals surface area contributed by atoms with E-state index in [2.05, 4.69) is 15.3 Å². The van der Waals surface area contributed by atoms with Crippen molar-refractivity contribution in [2.75, 3.05) is 19.6 Å². The molecule has 2 rings (SSSR count). The van der Waals surface area contributed by atoms with Crippen molar-refractivity contribution in [2.45, 2.75) is 19.9 Å². The van der Waals surface area contributed by atoms with Gasteiger partial charge in [0.1, 0.15) is 6.21 Å². The van der Waals surface area contributed by atoms with Crippen LogP contribution in [0.15, 0.2) is 22.7 Å². The van der Waals surface area contributed by atoms with Crippen LogP contribution in [0.4, 0.5) is 0 Å². The van der Waals surface area contributed by atoms with Gasteiger partial charge in [-0.2, -0.15) is 0 Å². The number of nitro groups is 1. The van der Waals surface area contributed by atoms with Crippen LogP contribution in [0.25, 0.3) is 0 Å². The molecule has 0 bridgehead atoms. The molecule has 1 aromatic rings. The fraction of sp³-hybridized carbons (Fsp3) is 0.500. The van der Waals surface area contributed by atoms with Crippen LogP contribution in [-0.2, 0) is 6.54 Å². The molecule has 0 atom stereocenters. The van der Waals surface area contributed by atoms with Crippen molar-refractivity contribution in [2.24, 2.45) is 4.99 Å². The smallest absolute Gasteiger partial charge is 0.326 e. The second kappa shape index (κ2) is 7.37. The highest BCUT2D eigenvalue weighted by Crippen LogP contribution is 2.22. The van der Waals surface area contributed by atoms with E-state index >= 15 is 0 Å². The second-order valence-corrected chi connectivity index (χ2v) is 6.15. The van der Waals surface area contributed by atoms with Crippen LogP contribution in [0.2, 0.25) is 4.47 Å². The summed E-state index contributed by atoms with van der Waals surface area (Å²) in [5, 5.41) is 14.3. The Labute approximate surface area is 131 Å². The molecule has 0 saturated carbocycles. The van der Waals surface area contributed by atoms with Gasteiger partial charge in [0.05, 0.1) is 11.5 Å². The topological polar surface area (TPSA) is 83.7 Å². The lowest BCUT2D eigenvalue weighted by atomic mass is 10.4. The molecule has 0 amide bonds. The Morgan fingerprint density at radius 1 is 1.76 bits per heavy atom. The molecule has 21 heavy (non-hydrogen) atoms. The summed E-state index contributed by atoms with van der Waals surface area (Å²) in [7, 11) is 0. The molecule has 0 radical (unpaired) electrons. The van der Waals surface area contributed by atoms with Crippen molar-refractivity contribution >= 4 is 29.2 Å². The van der Waals surface area contributed by atoms with E-state index in [4.69, 9.17) is 11.6 Å². The maximum atomic E-state index is 11.2. The van der Waals surface area contributed by atoms with Gasteiger partial charge >= 0.3 is 5.70 Å². The van der Waals surface area contributed by atoms with Crippen LogP contribution in [0, 0.1) is 10.1 Å². The highest BCUT2D eigenvalue weighted by atomic mass is 35.5. The van der Waals surface area contributed by atoms with Crippen LogP contribution in [0.5, 0.6) is 0 Å². The summed E-state index contributed by atoms with van der Waals surface area (Å²) in [5.41, 5.74) is -0.00318. The number of allylic oxidation sites excluding steroid dienone is 1. The maximum absolute atomic E-state index is 11.2. The third-order valence-electron chi connectivity index (χ3n) is 2.87. The molecular weight excluding hydrogens is 314 g/mol. The molecule has 1 aliphatic heterocycles. The van der Waals surface area contributed by atoms with Gasteiger partial charge in [-0.05, 0) is 6.42 Å². The quantitative estimate of drug-likeness (QED) is 0.491. The Balaban J connectivity index is 2.20. The van der Waals surface area contributed by atoms with Gasteiger partial charge in [-0.1, -0.05) is 18.5 Å². The summed E-state index contributed by atoms with van der Waals surface area (Å²) in [6.45, 7) is 4.47. The van der Waals surface area contributed by atoms with Gasteiger partial charge in [-0.15, -0.1) is 11.3 Å². The second-order valence-electron chi connectivity index (χ2n) is 4.45. The van der Waals surface area contributed by atoms with Gasteiger partial charge in [-0.25, -0.2) is 4.98 Å². The molecule has 0 spiro atoms. The first-order valence-electron chi connectivity index (χ1n) is 6.59. The number of hydrogen-bond donors (Lipinski definition) is 1. The van der Waals surface area contributed by atoms with Crippen LogP contribution < -0.4 is 5.32 Å². The first-order chi connectivity index (χ1) is 10.1. The molecule has 0 unspecified atom stereocenters. The van der Waals surface area contributed by atoms with Gasteiger partial charge < -0.3 is 10.2 Å². The normalized spacial score (nSPS) is 17.3. The van der Waals surface area contributed by atoms with Crippen molar-refractivity contribution in [3.05, 3.63) is 37.2 Å². The summed E-state index contributed by atoms with van der Waals surface area (Å²) in [6.07, 6.45) is 3.89. The van der Waals surface area contributed by atoms with E-state index in [0.717, 1.165) is 11.3 Å². The number of thiazole rings is 1. The van der Waals surface area contributed by atoms with E-state index in [1.165, 1.54) is 17.6 Å². The molecule has 114 valence electrons. The van der Waals surface area contributed by atoms with Crippen molar-refractivity contribution in [1.29, 1.82) is 0 Å². The number of aromatic nitrogens is 1. The number of nitrogens with zero attached hydrogens (tertiary/aromatic N) is 4. The molecule has 0 aromatic carbocycles. The molecule has 1 aliphatic rings. The molecule has 1 aromatic heterocycles. The number of rotatable bonds is 6. The number of hydrogen-bond acceptors (Lipinski definition) is 7. The fourth-order valence-electron chi connectivity index (χ4n) is 1.96. The van der Waals surface area contributed by atoms with Crippen LogP contribution >= 0.6 is 22.9 Å². The first kappa shape index (κ1) is 15.7. The molecule has 7 nitrogen and oxygen atoms in total. The minimum absolute atomic E-state index is 0.00318. The van der Waals surface area contributed by atoms with Crippen LogP contribution in [0.1, 0.15) is 18.2 Å². The zero-order chi connectivity index (χ0) is 15.2. The maximum Gasteiger partial charge on any atom is 0.326 e. The Morgan fingerprint density at radius 2 is 2.57 bits per heavy atom. The van der Waals surface area contributed by atoms with E-state index in [1.54, 1.807) is 6.20 Å². The minimum atomic E-state index is -0.403. The SMILES string of the molecule is CCCN=C/C(=C1\NCCN1Cc1cnc(Cl)s1)[N+](=O)[O-]. The van der Waals surface area contributed by atoms with E-state index in [1.807, 2.05) is 11.8 Å². The lowest BCUT2D eigenvalue weighted by Gasteiger charge is -2.16. The number of nitrogens with one attached hydrogen (secondary N) is 1. The monoisotopic (exact) mass is 329 g/mol. The van der Waals surface area contributed by atoms with E-state index < -0.39 is 4.92 Å². The molecule has 2 heterocycles. The standard InChI is InChI=1S/C12H16ClN5O2S/c1-2-3-14-7-10(18(19)20)11-15-4-5-17(11)8-9-6-16-12(13)21-9/h6-7,15H,2-5,8H2,1H3/b11-10-,14-7?. The molecule has 0 aliphatic carbocycles. The zero-order valence-electron chi connectivity index (χ0n) is 11.6. The predicted octanol–water partition coefficient (Wildman–Crippen LogP) is 2.13. The summed E-state index contributed by atoms with van der Waals surface area (Å²) in [6, 6.07) is 0. The molecular formula is C12H16ClN5O2S. The van der Waals surface area contributed by atoms with E-state index in [9.17, 15) is 10.1 Å². The molecule has 9 heteroatoms. The van der Waals surface area contributed by atoms with Crippen molar-refractivity contribution in [1.82, 2.24) is 15.2 Å². The fourth-order valence-corrected chi connectivity index (χ4v) is 2.96. The minimum Gasteiger partial charge on any atom is -0.364 e. The Hall–Kier alpha value is -1.67. The highest BCUT2D eigenvalue weighted by molar-refractivity contribution is 7.15. The Morgan fingerprint density at radius 3 is 3.19 bits per heavy atom.